The number of nitrogens with one attached hydrogen (secondary N) is 1. The quantitative estimate of drug-likeness (QED) is 0.894. The molecule has 2 N–H and O–H groups in total. The first kappa shape index (κ1) is 16.9. The minimum atomic E-state index is -0.927. The molecule has 0 aliphatic carbocycles. The summed E-state index contributed by atoms with van der Waals surface area (Å²) in [5, 5.41) is 16.1. The summed E-state index contributed by atoms with van der Waals surface area (Å²) in [6.07, 6.45) is 1.86. The van der Waals surface area contributed by atoms with Gasteiger partial charge in [-0.3, -0.25) is 4.79 Å². The Balaban J connectivity index is 1.76. The van der Waals surface area contributed by atoms with Crippen LogP contribution in [-0.4, -0.2) is 44.9 Å². The van der Waals surface area contributed by atoms with Crippen molar-refractivity contribution in [2.45, 2.75) is 20.3 Å². The number of urea groups is 1. The van der Waals surface area contributed by atoms with Gasteiger partial charge in [-0.15, -0.1) is 0 Å². The van der Waals surface area contributed by atoms with Crippen LogP contribution in [0.4, 0.5) is 14.9 Å². The van der Waals surface area contributed by atoms with Gasteiger partial charge in [-0.25, -0.2) is 13.9 Å². The maximum atomic E-state index is 13.9. The van der Waals surface area contributed by atoms with Crippen molar-refractivity contribution in [3.05, 3.63) is 42.0 Å². The van der Waals surface area contributed by atoms with Crippen molar-refractivity contribution in [2.24, 2.45) is 5.41 Å². The first-order valence-corrected chi connectivity index (χ1v) is 7.91. The van der Waals surface area contributed by atoms with E-state index >= 15 is 0 Å². The summed E-state index contributed by atoms with van der Waals surface area (Å²) >= 11 is 0. The average Bonchev–Trinajstić information content (AvgIpc) is 3.14. The van der Waals surface area contributed by atoms with Crippen molar-refractivity contribution in [3.8, 4) is 5.69 Å². The number of benzene rings is 1. The Kier molecular flexibility index (Phi) is 4.20. The van der Waals surface area contributed by atoms with Crippen LogP contribution < -0.4 is 5.32 Å². The standard InChI is InChI=1S/C17H19FN4O3/c1-11-13(9-19-22(11)14-6-4-3-5-12(14)18)20-16(25)21-8-7-17(2,10-21)15(23)24/h3-6,9H,7-8,10H2,1-2H3,(H,20,25)(H,23,24). The first-order chi connectivity index (χ1) is 11.8. The Morgan fingerprint density at radius 1 is 1.36 bits per heavy atom. The second-order valence-electron chi connectivity index (χ2n) is 6.47. The number of carbonyl (C=O) groups is 2. The molecule has 3 rings (SSSR count). The number of nitrogens with zero attached hydrogens (tertiary/aromatic N) is 3. The number of rotatable bonds is 3. The fourth-order valence-corrected chi connectivity index (χ4v) is 2.90. The van der Waals surface area contributed by atoms with Crippen LogP contribution in [-0.2, 0) is 4.79 Å². The van der Waals surface area contributed by atoms with E-state index in [1.165, 1.54) is 21.8 Å². The predicted octanol–water partition coefficient (Wildman–Crippen LogP) is 2.65. The molecule has 1 aliphatic heterocycles. The molecule has 2 aromatic rings. The molecule has 0 spiro atoms. The van der Waals surface area contributed by atoms with Gasteiger partial charge in [0, 0.05) is 13.1 Å². The third-order valence-electron chi connectivity index (χ3n) is 4.61. The van der Waals surface area contributed by atoms with E-state index in [-0.39, 0.29) is 12.6 Å². The van der Waals surface area contributed by atoms with E-state index in [9.17, 15) is 19.1 Å². The van der Waals surface area contributed by atoms with E-state index in [1.807, 2.05) is 0 Å². The molecule has 2 heterocycles. The number of carbonyl (C=O) groups excluding carboxylic acids is 1. The van der Waals surface area contributed by atoms with Gasteiger partial charge in [-0.1, -0.05) is 12.1 Å². The number of halogens is 1. The van der Waals surface area contributed by atoms with E-state index in [0.717, 1.165) is 0 Å². The number of anilines is 1. The van der Waals surface area contributed by atoms with Crippen LogP contribution in [0.15, 0.2) is 30.5 Å². The SMILES string of the molecule is Cc1c(NC(=O)N2CCC(C)(C(=O)O)C2)cnn1-c1ccccc1F. The summed E-state index contributed by atoms with van der Waals surface area (Å²) in [5.41, 5.74) is 0.403. The number of aromatic nitrogens is 2. The average molecular weight is 346 g/mol. The van der Waals surface area contributed by atoms with Crippen molar-refractivity contribution in [3.63, 3.8) is 0 Å². The molecule has 0 radical (unpaired) electrons. The summed E-state index contributed by atoms with van der Waals surface area (Å²) in [6, 6.07) is 5.84. The van der Waals surface area contributed by atoms with Gasteiger partial charge in [0.05, 0.1) is 23.0 Å². The van der Waals surface area contributed by atoms with Crippen LogP contribution in [0.2, 0.25) is 0 Å². The van der Waals surface area contributed by atoms with Crippen LogP contribution in [0.1, 0.15) is 19.0 Å². The number of hydrogen-bond acceptors (Lipinski definition) is 3. The highest BCUT2D eigenvalue weighted by molar-refractivity contribution is 5.91. The molecule has 1 aliphatic rings. The number of para-hydroxylation sites is 1. The molecule has 1 fully saturated rings. The van der Waals surface area contributed by atoms with E-state index in [1.54, 1.807) is 32.0 Å². The van der Waals surface area contributed by atoms with Gasteiger partial charge in [-0.2, -0.15) is 5.10 Å². The second-order valence-corrected chi connectivity index (χ2v) is 6.47. The van der Waals surface area contributed by atoms with Gasteiger partial charge >= 0.3 is 12.0 Å². The van der Waals surface area contributed by atoms with Gasteiger partial charge in [0.2, 0.25) is 0 Å². The summed E-state index contributed by atoms with van der Waals surface area (Å²) in [5.74, 6) is -1.32. The zero-order valence-corrected chi connectivity index (χ0v) is 14.0. The van der Waals surface area contributed by atoms with Crippen molar-refractivity contribution in [1.82, 2.24) is 14.7 Å². The lowest BCUT2D eigenvalue weighted by atomic mass is 9.90. The van der Waals surface area contributed by atoms with Crippen LogP contribution in [0, 0.1) is 18.2 Å². The zero-order valence-electron chi connectivity index (χ0n) is 14.0. The summed E-state index contributed by atoms with van der Waals surface area (Å²) in [4.78, 5) is 25.2. The van der Waals surface area contributed by atoms with Crippen LogP contribution >= 0.6 is 0 Å². The lowest BCUT2D eigenvalue weighted by molar-refractivity contribution is -0.146. The van der Waals surface area contributed by atoms with Gasteiger partial charge in [-0.05, 0) is 32.4 Å². The van der Waals surface area contributed by atoms with Gasteiger partial charge < -0.3 is 15.3 Å². The largest absolute Gasteiger partial charge is 0.481 e. The molecule has 1 aromatic carbocycles. The number of likely N-dealkylation sites (tertiary alicyclic amines) is 1. The fourth-order valence-electron chi connectivity index (χ4n) is 2.90. The minimum absolute atomic E-state index is 0.147. The lowest BCUT2D eigenvalue weighted by Gasteiger charge is -2.20. The maximum Gasteiger partial charge on any atom is 0.321 e. The number of carboxylic acids is 1. The molecule has 132 valence electrons. The fraction of sp³-hybridized carbons (Fsp3) is 0.353. The Morgan fingerprint density at radius 2 is 2.08 bits per heavy atom. The topological polar surface area (TPSA) is 87.5 Å². The Hall–Kier alpha value is -2.90. The van der Waals surface area contributed by atoms with Gasteiger partial charge in [0.25, 0.3) is 0 Å². The molecule has 0 saturated carbocycles. The van der Waals surface area contributed by atoms with Crippen LogP contribution in [0.25, 0.3) is 5.69 Å². The smallest absolute Gasteiger partial charge is 0.321 e. The van der Waals surface area contributed by atoms with Crippen LogP contribution in [0.3, 0.4) is 0 Å². The predicted molar refractivity (Wildman–Crippen MR) is 89.2 cm³/mol. The van der Waals surface area contributed by atoms with Crippen molar-refractivity contribution in [2.75, 3.05) is 18.4 Å². The number of carboxylic acid groups (broad SMARTS) is 1. The summed E-state index contributed by atoms with van der Waals surface area (Å²) in [6.45, 7) is 3.87. The van der Waals surface area contributed by atoms with Crippen molar-refractivity contribution >= 4 is 17.7 Å². The Bertz CT molecular complexity index is 835. The molecule has 1 saturated heterocycles. The van der Waals surface area contributed by atoms with E-state index in [2.05, 4.69) is 10.4 Å². The van der Waals surface area contributed by atoms with Gasteiger partial charge in [0.1, 0.15) is 11.5 Å². The molecule has 7 nitrogen and oxygen atoms in total. The maximum absolute atomic E-state index is 13.9. The molecular weight excluding hydrogens is 327 g/mol. The molecule has 25 heavy (non-hydrogen) atoms. The monoisotopic (exact) mass is 346 g/mol. The third-order valence-corrected chi connectivity index (χ3v) is 4.61. The highest BCUT2D eigenvalue weighted by Crippen LogP contribution is 2.30. The number of aliphatic carboxylic acids is 1. The van der Waals surface area contributed by atoms with Crippen LogP contribution in [0.5, 0.6) is 0 Å². The highest BCUT2D eigenvalue weighted by Gasteiger charge is 2.42. The molecular formula is C17H19FN4O3. The molecule has 1 aromatic heterocycles. The highest BCUT2D eigenvalue weighted by atomic mass is 19.1. The normalized spacial score (nSPS) is 19.9. The lowest BCUT2D eigenvalue weighted by Crippen LogP contribution is -2.37. The molecule has 0 bridgehead atoms. The zero-order chi connectivity index (χ0) is 18.2. The number of amides is 2. The number of hydrogen-bond donors (Lipinski definition) is 2. The first-order valence-electron chi connectivity index (χ1n) is 7.91. The Morgan fingerprint density at radius 3 is 2.72 bits per heavy atom. The molecule has 1 atom stereocenters. The van der Waals surface area contributed by atoms with E-state index in [0.29, 0.717) is 30.0 Å². The molecule has 1 unspecified atom stereocenters. The summed E-state index contributed by atoms with van der Waals surface area (Å²) in [7, 11) is 0. The van der Waals surface area contributed by atoms with E-state index in [4.69, 9.17) is 0 Å². The summed E-state index contributed by atoms with van der Waals surface area (Å²) < 4.78 is 15.3. The molecule has 2 amide bonds. The third kappa shape index (κ3) is 3.07. The second kappa shape index (κ2) is 6.19. The minimum Gasteiger partial charge on any atom is -0.481 e. The van der Waals surface area contributed by atoms with Crippen molar-refractivity contribution in [1.29, 1.82) is 0 Å². The molecule has 8 heteroatoms. The van der Waals surface area contributed by atoms with Gasteiger partial charge in [0.15, 0.2) is 0 Å². The van der Waals surface area contributed by atoms with E-state index < -0.39 is 17.2 Å². The van der Waals surface area contributed by atoms with Crippen molar-refractivity contribution < 1.29 is 19.1 Å². The Labute approximate surface area is 144 Å².